The molecule has 28 unspecified atom stereocenters. The fourth-order valence-electron chi connectivity index (χ4n) is 14.0. The Kier molecular flexibility index (Phi) is 16.4. The largest absolute Gasteiger partial charge is 0.494 e. The molecular formula is C49H76O23. The maximum absolute atomic E-state index is 14.7. The number of aliphatic hydroxyl groups is 12. The van der Waals surface area contributed by atoms with Gasteiger partial charge in [-0.1, -0.05) is 20.8 Å². The predicted molar refractivity (Wildman–Crippen MR) is 239 cm³/mol. The van der Waals surface area contributed by atoms with Crippen molar-refractivity contribution in [1.29, 1.82) is 0 Å². The minimum absolute atomic E-state index is 0.0303. The molecule has 0 aromatic carbocycles. The molecule has 0 radical (unpaired) electrons. The van der Waals surface area contributed by atoms with E-state index in [4.69, 9.17) is 42.6 Å². The zero-order chi connectivity index (χ0) is 51.9. The van der Waals surface area contributed by atoms with E-state index in [1.165, 1.54) is 0 Å². The molecule has 8 fully saturated rings. The minimum atomic E-state index is -1.78. The quantitative estimate of drug-likeness (QED) is 0.0756. The van der Waals surface area contributed by atoms with Gasteiger partial charge in [-0.15, -0.1) is 0 Å². The average molecular weight is 1030 g/mol. The molecule has 410 valence electrons. The fourth-order valence-corrected chi connectivity index (χ4v) is 14.0. The number of allylic oxidation sites excluding steroid dienone is 1. The molecule has 72 heavy (non-hydrogen) atoms. The standard InChI is InChI=1S/C49H76O23/c1-18(14-64-45-41(62)37(58)36(57)30(13-50)70-45)5-6-28-19(2)33-29(69-28)11-23-21-10-25(51)24-9-20(7-8-48(24,3)22(21)12-32(54)49(23,33)4)68-47-42(63)38(59)43(72-46-40(61)35(56)27(53)16-66-46)31(71-47)17-67-44-39(60)34(55)26(52)15-65-44/h18,20-24,26-27,29-31,33-47,50,52-53,55-63H,5-17H2,1-4H3. The molecule has 12 N–H and O–H groups in total. The van der Waals surface area contributed by atoms with E-state index in [0.29, 0.717) is 38.5 Å². The van der Waals surface area contributed by atoms with E-state index in [0.717, 1.165) is 11.3 Å². The minimum Gasteiger partial charge on any atom is -0.494 e. The van der Waals surface area contributed by atoms with Crippen LogP contribution in [0, 0.1) is 46.3 Å². The van der Waals surface area contributed by atoms with Gasteiger partial charge in [0.1, 0.15) is 103 Å². The van der Waals surface area contributed by atoms with Crippen LogP contribution in [-0.4, -0.2) is 229 Å². The van der Waals surface area contributed by atoms with Gasteiger partial charge in [0.05, 0.1) is 44.9 Å². The van der Waals surface area contributed by atoms with Gasteiger partial charge in [-0.2, -0.15) is 0 Å². The Labute approximate surface area is 416 Å². The Bertz CT molecular complexity index is 1960. The van der Waals surface area contributed by atoms with Crippen molar-refractivity contribution >= 4 is 11.6 Å². The molecular weight excluding hydrogens is 957 g/mol. The van der Waals surface area contributed by atoms with Gasteiger partial charge >= 0.3 is 0 Å². The molecule has 0 aromatic heterocycles. The van der Waals surface area contributed by atoms with E-state index in [9.17, 15) is 70.9 Å². The van der Waals surface area contributed by atoms with Crippen LogP contribution in [0.25, 0.3) is 0 Å². The molecule has 5 aliphatic heterocycles. The summed E-state index contributed by atoms with van der Waals surface area (Å²) >= 11 is 0. The zero-order valence-electron chi connectivity index (χ0n) is 41.1. The van der Waals surface area contributed by atoms with Gasteiger partial charge in [-0.3, -0.25) is 9.59 Å². The topological polar surface area (TPSA) is 360 Å². The van der Waals surface area contributed by atoms with Crippen molar-refractivity contribution < 1.29 is 113 Å². The van der Waals surface area contributed by atoms with Crippen molar-refractivity contribution in [3.8, 4) is 0 Å². The summed E-state index contributed by atoms with van der Waals surface area (Å²) in [5.74, 6) is 0.192. The summed E-state index contributed by atoms with van der Waals surface area (Å²) < 4.78 is 52.9. The van der Waals surface area contributed by atoms with Crippen LogP contribution in [0.2, 0.25) is 0 Å². The molecule has 0 spiro atoms. The molecule has 0 bridgehead atoms. The summed E-state index contributed by atoms with van der Waals surface area (Å²) in [4.78, 5) is 29.2. The summed E-state index contributed by atoms with van der Waals surface area (Å²) in [5, 5.41) is 125. The number of fused-ring (bicyclic) bond motifs is 7. The van der Waals surface area contributed by atoms with E-state index in [2.05, 4.69) is 6.92 Å². The van der Waals surface area contributed by atoms with Crippen molar-refractivity contribution in [3.63, 3.8) is 0 Å². The van der Waals surface area contributed by atoms with Crippen molar-refractivity contribution in [2.45, 2.75) is 202 Å². The highest BCUT2D eigenvalue weighted by molar-refractivity contribution is 5.90. The molecule has 9 aliphatic rings. The first-order valence-electron chi connectivity index (χ1n) is 25.7. The number of rotatable bonds is 14. The van der Waals surface area contributed by atoms with Crippen LogP contribution < -0.4 is 0 Å². The summed E-state index contributed by atoms with van der Waals surface area (Å²) in [7, 11) is 0. The van der Waals surface area contributed by atoms with Crippen LogP contribution in [0.15, 0.2) is 11.3 Å². The van der Waals surface area contributed by atoms with E-state index in [1.54, 1.807) is 0 Å². The van der Waals surface area contributed by atoms with E-state index < -0.39 is 153 Å². The van der Waals surface area contributed by atoms with Crippen LogP contribution in [0.1, 0.15) is 79.1 Å². The third-order valence-corrected chi connectivity index (χ3v) is 18.3. The predicted octanol–water partition coefficient (Wildman–Crippen LogP) is -3.37. The second kappa shape index (κ2) is 21.5. The van der Waals surface area contributed by atoms with Crippen molar-refractivity contribution in [1.82, 2.24) is 0 Å². The van der Waals surface area contributed by atoms with Gasteiger partial charge in [0.25, 0.3) is 0 Å². The van der Waals surface area contributed by atoms with Gasteiger partial charge in [0.15, 0.2) is 25.2 Å². The lowest BCUT2D eigenvalue weighted by Gasteiger charge is -2.59. The Balaban J connectivity index is 0.830. The van der Waals surface area contributed by atoms with Gasteiger partial charge in [0.2, 0.25) is 0 Å². The molecule has 0 amide bonds. The SMILES string of the molecule is CC1=C(CCC(C)COC2OC(CO)C(O)C(O)C2O)OC2CC3C4CC(=O)C5CC(OC6OC(COC7OCC(O)C(O)C7O)C(OC7OCC(O)C(O)C7O)C(O)C6O)CCC5(C)C4CC(=O)C3(C)C12. The highest BCUT2D eigenvalue weighted by atomic mass is 16.8. The smallest absolute Gasteiger partial charge is 0.186 e. The van der Waals surface area contributed by atoms with E-state index >= 15 is 0 Å². The number of hydrogen-bond acceptors (Lipinski definition) is 23. The molecule has 4 saturated heterocycles. The fraction of sp³-hybridized carbons (Fsp3) is 0.918. The second-order valence-corrected chi connectivity index (χ2v) is 22.7. The second-order valence-electron chi connectivity index (χ2n) is 22.7. The van der Waals surface area contributed by atoms with Crippen LogP contribution in [0.5, 0.6) is 0 Å². The highest BCUT2D eigenvalue weighted by Crippen LogP contribution is 2.68. The number of carbonyl (C=O) groups excluding carboxylic acids is 2. The molecule has 5 heterocycles. The maximum atomic E-state index is 14.7. The van der Waals surface area contributed by atoms with Crippen LogP contribution in [0.4, 0.5) is 0 Å². The molecule has 23 heteroatoms. The molecule has 28 atom stereocenters. The maximum Gasteiger partial charge on any atom is 0.186 e. The van der Waals surface area contributed by atoms with Crippen LogP contribution >= 0.6 is 0 Å². The average Bonchev–Trinajstić information content (AvgIpc) is 3.84. The number of Topliss-reactive ketones (excluding diaryl/α,β-unsaturated/α-hetero) is 2. The lowest BCUT2D eigenvalue weighted by Crippen LogP contribution is -2.64. The first kappa shape index (κ1) is 54.9. The Morgan fingerprint density at radius 1 is 0.694 bits per heavy atom. The summed E-state index contributed by atoms with van der Waals surface area (Å²) in [6.07, 6.45) is -24.4. The number of hydrogen-bond donors (Lipinski definition) is 12. The first-order chi connectivity index (χ1) is 34.1. The van der Waals surface area contributed by atoms with Crippen molar-refractivity contribution in [2.24, 2.45) is 46.3 Å². The zero-order valence-corrected chi connectivity index (χ0v) is 41.1. The van der Waals surface area contributed by atoms with Gasteiger partial charge in [0, 0.05) is 36.5 Å². The lowest BCUT2D eigenvalue weighted by molar-refractivity contribution is -0.361. The third-order valence-electron chi connectivity index (χ3n) is 18.3. The number of ketones is 2. The Morgan fingerprint density at radius 3 is 2.03 bits per heavy atom. The van der Waals surface area contributed by atoms with Gasteiger partial charge in [-0.05, 0) is 73.7 Å². The number of carbonyl (C=O) groups is 2. The molecule has 4 saturated carbocycles. The van der Waals surface area contributed by atoms with Gasteiger partial charge in [-0.25, -0.2) is 0 Å². The van der Waals surface area contributed by atoms with E-state index in [-0.39, 0.29) is 73.3 Å². The van der Waals surface area contributed by atoms with Gasteiger partial charge < -0.3 is 104 Å². The lowest BCUT2D eigenvalue weighted by atomic mass is 9.44. The molecule has 0 aromatic rings. The number of ether oxygens (including phenoxy) is 9. The van der Waals surface area contributed by atoms with Crippen LogP contribution in [-0.2, 0) is 52.2 Å². The molecule has 9 rings (SSSR count). The Morgan fingerprint density at radius 2 is 1.33 bits per heavy atom. The third kappa shape index (κ3) is 9.77. The highest BCUT2D eigenvalue weighted by Gasteiger charge is 2.69. The summed E-state index contributed by atoms with van der Waals surface area (Å²) in [5.41, 5.74) is -0.248. The van der Waals surface area contributed by atoms with Crippen LogP contribution in [0.3, 0.4) is 0 Å². The Hall–Kier alpha value is -1.92. The monoisotopic (exact) mass is 1030 g/mol. The number of aliphatic hydroxyl groups excluding tert-OH is 12. The van der Waals surface area contributed by atoms with Crippen molar-refractivity contribution in [2.75, 3.05) is 33.0 Å². The molecule has 4 aliphatic carbocycles. The van der Waals surface area contributed by atoms with Crippen molar-refractivity contribution in [3.05, 3.63) is 11.3 Å². The summed E-state index contributed by atoms with van der Waals surface area (Å²) in [6.45, 7) is 6.45. The summed E-state index contributed by atoms with van der Waals surface area (Å²) in [6, 6.07) is 0. The van der Waals surface area contributed by atoms with E-state index in [1.807, 2.05) is 20.8 Å². The normalized spacial score (nSPS) is 52.0. The first-order valence-corrected chi connectivity index (χ1v) is 25.7. The molecule has 23 nitrogen and oxygen atoms in total.